The van der Waals surface area contributed by atoms with Gasteiger partial charge in [0.05, 0.1) is 28.7 Å². The van der Waals surface area contributed by atoms with E-state index in [2.05, 4.69) is 17.0 Å². The van der Waals surface area contributed by atoms with Crippen LogP contribution in [0.4, 0.5) is 5.69 Å². The van der Waals surface area contributed by atoms with Crippen molar-refractivity contribution < 1.29 is 13.9 Å². The maximum absolute atomic E-state index is 12.7. The van der Waals surface area contributed by atoms with Crippen molar-refractivity contribution in [1.82, 2.24) is 9.78 Å². The van der Waals surface area contributed by atoms with Gasteiger partial charge >= 0.3 is 0 Å². The predicted octanol–water partition coefficient (Wildman–Crippen LogP) is 3.60. The topological polar surface area (TPSA) is 69.3 Å². The smallest absolute Gasteiger partial charge is 0.256 e. The van der Waals surface area contributed by atoms with Gasteiger partial charge in [-0.15, -0.1) is 0 Å². The first kappa shape index (κ1) is 15.9. The van der Waals surface area contributed by atoms with Crippen molar-refractivity contribution in [1.29, 1.82) is 0 Å². The highest BCUT2D eigenvalue weighted by Crippen LogP contribution is 2.29. The average molecular weight is 325 g/mol. The van der Waals surface area contributed by atoms with Gasteiger partial charge in [0.15, 0.2) is 0 Å². The van der Waals surface area contributed by atoms with Gasteiger partial charge in [-0.25, -0.2) is 0 Å². The van der Waals surface area contributed by atoms with Crippen LogP contribution in [0, 0.1) is 13.8 Å². The lowest BCUT2D eigenvalue weighted by molar-refractivity contribution is 0.102. The summed E-state index contributed by atoms with van der Waals surface area (Å²) in [5.41, 5.74) is 3.43. The zero-order valence-corrected chi connectivity index (χ0v) is 13.9. The number of rotatable bonds is 5. The number of ether oxygens (including phenoxy) is 1. The zero-order chi connectivity index (χ0) is 17.3. The van der Waals surface area contributed by atoms with E-state index in [1.54, 1.807) is 29.2 Å². The zero-order valence-electron chi connectivity index (χ0n) is 13.9. The SMILES string of the molecule is C=CCOc1cc(C(=O)Nc2c(C)nn(C)c2C)cc2occc12. The van der Waals surface area contributed by atoms with Crippen LogP contribution < -0.4 is 10.1 Å². The lowest BCUT2D eigenvalue weighted by Gasteiger charge is -2.09. The van der Waals surface area contributed by atoms with E-state index in [1.165, 1.54) is 0 Å². The van der Waals surface area contributed by atoms with E-state index in [9.17, 15) is 4.79 Å². The molecule has 0 fully saturated rings. The summed E-state index contributed by atoms with van der Waals surface area (Å²) in [6, 6.07) is 5.22. The first-order chi connectivity index (χ1) is 11.5. The van der Waals surface area contributed by atoms with E-state index in [-0.39, 0.29) is 5.91 Å². The Morgan fingerprint density at radius 3 is 2.92 bits per heavy atom. The summed E-state index contributed by atoms with van der Waals surface area (Å²) in [6.07, 6.45) is 3.23. The molecule has 2 heterocycles. The quantitative estimate of drug-likeness (QED) is 0.728. The van der Waals surface area contributed by atoms with E-state index < -0.39 is 0 Å². The Bertz CT molecular complexity index is 921. The second kappa shape index (κ2) is 6.23. The van der Waals surface area contributed by atoms with Crippen LogP contribution in [-0.2, 0) is 7.05 Å². The fraction of sp³-hybridized carbons (Fsp3) is 0.222. The fourth-order valence-electron chi connectivity index (χ4n) is 2.58. The highest BCUT2D eigenvalue weighted by molar-refractivity contribution is 6.07. The molecule has 0 aliphatic heterocycles. The second-order valence-corrected chi connectivity index (χ2v) is 5.53. The number of anilines is 1. The number of aromatic nitrogens is 2. The molecule has 0 atom stereocenters. The van der Waals surface area contributed by atoms with Crippen LogP contribution in [0.5, 0.6) is 5.75 Å². The number of nitrogens with one attached hydrogen (secondary N) is 1. The van der Waals surface area contributed by atoms with Crippen LogP contribution in [0.15, 0.2) is 41.5 Å². The minimum absolute atomic E-state index is 0.240. The number of nitrogens with zero attached hydrogens (tertiary/aromatic N) is 2. The van der Waals surface area contributed by atoms with Crippen molar-refractivity contribution in [2.45, 2.75) is 13.8 Å². The fourth-order valence-corrected chi connectivity index (χ4v) is 2.58. The Hall–Kier alpha value is -3.02. The maximum atomic E-state index is 12.7. The number of carbonyl (C=O) groups excluding carboxylic acids is 1. The molecule has 124 valence electrons. The Morgan fingerprint density at radius 2 is 2.25 bits per heavy atom. The van der Waals surface area contributed by atoms with Gasteiger partial charge in [0, 0.05) is 12.6 Å². The second-order valence-electron chi connectivity index (χ2n) is 5.53. The van der Waals surface area contributed by atoms with Crippen LogP contribution in [0.3, 0.4) is 0 Å². The highest BCUT2D eigenvalue weighted by Gasteiger charge is 2.17. The summed E-state index contributed by atoms with van der Waals surface area (Å²) in [6.45, 7) is 7.76. The Morgan fingerprint density at radius 1 is 1.46 bits per heavy atom. The Kier molecular flexibility index (Phi) is 4.12. The minimum Gasteiger partial charge on any atom is -0.489 e. The maximum Gasteiger partial charge on any atom is 0.256 e. The number of furan rings is 1. The third kappa shape index (κ3) is 2.78. The molecule has 1 amide bonds. The van der Waals surface area contributed by atoms with E-state index in [0.717, 1.165) is 22.5 Å². The molecule has 2 aromatic heterocycles. The van der Waals surface area contributed by atoms with Gasteiger partial charge in [-0.05, 0) is 32.0 Å². The summed E-state index contributed by atoms with van der Waals surface area (Å²) in [7, 11) is 1.84. The molecule has 3 rings (SSSR count). The molecular formula is C18H19N3O3. The van der Waals surface area contributed by atoms with Gasteiger partial charge in [0.1, 0.15) is 17.9 Å². The molecule has 6 heteroatoms. The van der Waals surface area contributed by atoms with Crippen LogP contribution in [-0.4, -0.2) is 22.3 Å². The number of fused-ring (bicyclic) bond motifs is 1. The normalized spacial score (nSPS) is 10.8. The number of benzene rings is 1. The molecule has 0 radical (unpaired) electrons. The Labute approximate surface area is 139 Å². The number of hydrogen-bond acceptors (Lipinski definition) is 4. The molecule has 1 N–H and O–H groups in total. The van der Waals surface area contributed by atoms with Crippen molar-refractivity contribution in [3.63, 3.8) is 0 Å². The summed E-state index contributed by atoms with van der Waals surface area (Å²) >= 11 is 0. The first-order valence-corrected chi connectivity index (χ1v) is 7.57. The molecule has 0 saturated heterocycles. The summed E-state index contributed by atoms with van der Waals surface area (Å²) < 4.78 is 12.8. The van der Waals surface area contributed by atoms with Crippen molar-refractivity contribution >= 4 is 22.6 Å². The number of hydrogen-bond donors (Lipinski definition) is 1. The van der Waals surface area contributed by atoms with Gasteiger partial charge < -0.3 is 14.5 Å². The van der Waals surface area contributed by atoms with E-state index in [1.807, 2.05) is 27.0 Å². The molecule has 0 unspecified atom stereocenters. The number of carbonyl (C=O) groups is 1. The standard InChI is InChI=1S/C18H19N3O3/c1-5-7-23-15-9-13(10-16-14(15)6-8-24-16)18(22)19-17-11(2)20-21(4)12(17)3/h5-6,8-10H,1,7H2,2-4H3,(H,19,22). The molecule has 0 spiro atoms. The average Bonchev–Trinajstić information content (AvgIpc) is 3.12. The van der Waals surface area contributed by atoms with E-state index in [4.69, 9.17) is 9.15 Å². The minimum atomic E-state index is -0.240. The van der Waals surface area contributed by atoms with E-state index in [0.29, 0.717) is 23.5 Å². The van der Waals surface area contributed by atoms with Crippen LogP contribution in [0.25, 0.3) is 11.0 Å². The molecule has 6 nitrogen and oxygen atoms in total. The Balaban J connectivity index is 1.96. The predicted molar refractivity (Wildman–Crippen MR) is 92.5 cm³/mol. The van der Waals surface area contributed by atoms with Crippen LogP contribution in [0.2, 0.25) is 0 Å². The summed E-state index contributed by atoms with van der Waals surface area (Å²) in [5, 5.41) is 8.04. The molecule has 0 saturated carbocycles. The van der Waals surface area contributed by atoms with Crippen molar-refractivity contribution in [3.8, 4) is 5.75 Å². The molecule has 0 bridgehead atoms. The molecule has 0 aliphatic rings. The van der Waals surface area contributed by atoms with Gasteiger partial charge in [-0.3, -0.25) is 9.48 Å². The van der Waals surface area contributed by atoms with Gasteiger partial charge in [-0.2, -0.15) is 5.10 Å². The van der Waals surface area contributed by atoms with Crippen molar-refractivity contribution in [3.05, 3.63) is 54.1 Å². The van der Waals surface area contributed by atoms with E-state index >= 15 is 0 Å². The molecule has 24 heavy (non-hydrogen) atoms. The largest absolute Gasteiger partial charge is 0.489 e. The van der Waals surface area contributed by atoms with Gasteiger partial charge in [-0.1, -0.05) is 12.7 Å². The van der Waals surface area contributed by atoms with Crippen LogP contribution >= 0.6 is 0 Å². The lowest BCUT2D eigenvalue weighted by atomic mass is 10.1. The molecular weight excluding hydrogens is 306 g/mol. The van der Waals surface area contributed by atoms with Crippen molar-refractivity contribution in [2.24, 2.45) is 7.05 Å². The molecule has 3 aromatic rings. The van der Waals surface area contributed by atoms with Gasteiger partial charge in [0.2, 0.25) is 0 Å². The lowest BCUT2D eigenvalue weighted by Crippen LogP contribution is -2.13. The molecule has 0 aliphatic carbocycles. The third-order valence-corrected chi connectivity index (χ3v) is 3.90. The monoisotopic (exact) mass is 325 g/mol. The number of amides is 1. The highest BCUT2D eigenvalue weighted by atomic mass is 16.5. The number of aryl methyl sites for hydroxylation is 2. The van der Waals surface area contributed by atoms with Gasteiger partial charge in [0.25, 0.3) is 5.91 Å². The summed E-state index contributed by atoms with van der Waals surface area (Å²) in [4.78, 5) is 12.7. The molecule has 1 aromatic carbocycles. The summed E-state index contributed by atoms with van der Waals surface area (Å²) in [5.74, 6) is 0.349. The van der Waals surface area contributed by atoms with Crippen molar-refractivity contribution in [2.75, 3.05) is 11.9 Å². The van der Waals surface area contributed by atoms with Crippen LogP contribution in [0.1, 0.15) is 21.7 Å². The first-order valence-electron chi connectivity index (χ1n) is 7.57. The third-order valence-electron chi connectivity index (χ3n) is 3.90.